The molecular weight excluding hydrogens is 595 g/mol. The molecule has 2 heterocycles. The number of nitro groups is 1. The number of nitrogens with two attached hydrogens (primary N) is 1. The molecule has 18 heteroatoms. The standard InChI is InChI=1S/C20H22BrN6O10P/c21-5-7-34-14-4-3-13(15(8-14)27(29)30)10-35-18-17(24-25-23)16(11-36-38(31,32)33)37-20(18)26-6-1-2-12(9-26)19(22)28/h1-4,6,8-9,16-18,20H,5,7,10-11H2,(H3-,22,28,31,32,33)/p+1/t16-,17-,18-,20-/m1/s1. The van der Waals surface area contributed by atoms with Crippen molar-refractivity contribution in [1.82, 2.24) is 0 Å². The highest BCUT2D eigenvalue weighted by molar-refractivity contribution is 9.09. The Balaban J connectivity index is 1.95. The quantitative estimate of drug-likeness (QED) is 0.0432. The number of hydrogen-bond acceptors (Lipinski definition) is 9. The lowest BCUT2D eigenvalue weighted by atomic mass is 10.1. The number of benzene rings is 1. The van der Waals surface area contributed by atoms with Gasteiger partial charge in [0.1, 0.15) is 17.4 Å². The SMILES string of the molecule is [N-]=[N+]=N[C@H]1[C@@H](OCc2ccc(OCCBr)cc2[N+](=O)[O-])[C@H]([n+]2cccc(C(N)=O)c2)O[C@@H]1COP(=O)(O)O. The summed E-state index contributed by atoms with van der Waals surface area (Å²) in [7, 11) is -4.90. The van der Waals surface area contributed by atoms with Gasteiger partial charge in [-0.2, -0.15) is 4.57 Å². The molecule has 4 atom stereocenters. The zero-order chi connectivity index (χ0) is 27.9. The highest BCUT2D eigenvalue weighted by Gasteiger charge is 2.51. The molecular formula is C20H23BrN6O10P+. The minimum Gasteiger partial charge on any atom is -0.492 e. The molecule has 38 heavy (non-hydrogen) atoms. The second-order valence-corrected chi connectivity index (χ2v) is 9.84. The summed E-state index contributed by atoms with van der Waals surface area (Å²) in [5.74, 6) is -0.456. The summed E-state index contributed by atoms with van der Waals surface area (Å²) < 4.78 is 34.5. The number of ether oxygens (including phenoxy) is 3. The molecule has 3 rings (SSSR count). The molecule has 4 N–H and O–H groups in total. The first-order chi connectivity index (χ1) is 18.0. The number of carbonyl (C=O) groups is 1. The van der Waals surface area contributed by atoms with Crippen molar-refractivity contribution in [2.75, 3.05) is 18.5 Å². The summed E-state index contributed by atoms with van der Waals surface area (Å²) in [6, 6.07) is 6.00. The smallest absolute Gasteiger partial charge is 0.469 e. The van der Waals surface area contributed by atoms with Crippen LogP contribution in [0.3, 0.4) is 0 Å². The summed E-state index contributed by atoms with van der Waals surface area (Å²) in [5.41, 5.74) is 14.5. The van der Waals surface area contributed by atoms with Crippen LogP contribution < -0.4 is 15.0 Å². The predicted molar refractivity (Wildman–Crippen MR) is 131 cm³/mol. The molecule has 1 amide bonds. The van der Waals surface area contributed by atoms with E-state index >= 15 is 0 Å². The average Bonchev–Trinajstić information content (AvgIpc) is 3.22. The molecule has 16 nitrogen and oxygen atoms in total. The van der Waals surface area contributed by atoms with E-state index in [1.54, 1.807) is 0 Å². The van der Waals surface area contributed by atoms with E-state index in [-0.39, 0.29) is 29.2 Å². The monoisotopic (exact) mass is 617 g/mol. The molecule has 1 aromatic carbocycles. The number of halogens is 1. The van der Waals surface area contributed by atoms with Crippen LogP contribution in [0.25, 0.3) is 10.4 Å². The van der Waals surface area contributed by atoms with E-state index in [1.165, 1.54) is 47.3 Å². The minimum absolute atomic E-state index is 0.111. The zero-order valence-corrected chi connectivity index (χ0v) is 22.0. The number of pyridine rings is 1. The van der Waals surface area contributed by atoms with Crippen LogP contribution in [0.4, 0.5) is 5.69 Å². The van der Waals surface area contributed by atoms with Crippen LogP contribution in [-0.4, -0.2) is 57.4 Å². The molecule has 204 valence electrons. The van der Waals surface area contributed by atoms with Crippen LogP contribution in [0.1, 0.15) is 22.1 Å². The van der Waals surface area contributed by atoms with E-state index in [0.29, 0.717) is 11.9 Å². The van der Waals surface area contributed by atoms with Gasteiger partial charge in [-0.1, -0.05) is 21.0 Å². The van der Waals surface area contributed by atoms with E-state index < -0.39 is 49.7 Å². The molecule has 1 aliphatic heterocycles. The zero-order valence-electron chi connectivity index (χ0n) is 19.5. The van der Waals surface area contributed by atoms with E-state index in [0.717, 1.165) is 0 Å². The molecule has 1 aromatic heterocycles. The Morgan fingerprint density at radius 1 is 1.39 bits per heavy atom. The topological polar surface area (TPSA) is 233 Å². The van der Waals surface area contributed by atoms with Gasteiger partial charge in [-0.15, -0.1) is 0 Å². The highest BCUT2D eigenvalue weighted by atomic mass is 79.9. The Hall–Kier alpha value is -3.14. The maximum Gasteiger partial charge on any atom is 0.469 e. The molecule has 1 aliphatic rings. The Kier molecular flexibility index (Phi) is 10.1. The second kappa shape index (κ2) is 13.1. The van der Waals surface area contributed by atoms with Gasteiger partial charge in [-0.3, -0.25) is 19.4 Å². The largest absolute Gasteiger partial charge is 0.492 e. The van der Waals surface area contributed by atoms with Gasteiger partial charge in [0.15, 0.2) is 18.5 Å². The number of nitrogens with zero attached hydrogens (tertiary/aromatic N) is 5. The Bertz CT molecular complexity index is 1270. The fraction of sp³-hybridized carbons (Fsp3) is 0.400. The number of azide groups is 1. The number of nitro benzene ring substituents is 1. The van der Waals surface area contributed by atoms with Gasteiger partial charge in [0.2, 0.25) is 0 Å². The Morgan fingerprint density at radius 3 is 2.79 bits per heavy atom. The number of amides is 1. The van der Waals surface area contributed by atoms with Crippen LogP contribution in [0, 0.1) is 10.1 Å². The van der Waals surface area contributed by atoms with Crippen LogP contribution in [-0.2, 0) is 25.2 Å². The van der Waals surface area contributed by atoms with Crippen LogP contribution in [0.5, 0.6) is 5.75 Å². The van der Waals surface area contributed by atoms with Crippen molar-refractivity contribution in [3.63, 3.8) is 0 Å². The molecule has 2 aromatic rings. The van der Waals surface area contributed by atoms with E-state index in [9.17, 15) is 19.5 Å². The van der Waals surface area contributed by atoms with Gasteiger partial charge in [0.25, 0.3) is 17.8 Å². The number of rotatable bonds is 13. The molecule has 0 aliphatic carbocycles. The number of hydrogen-bond donors (Lipinski definition) is 3. The van der Waals surface area contributed by atoms with Crippen molar-refractivity contribution < 1.29 is 47.4 Å². The van der Waals surface area contributed by atoms with Crippen LogP contribution in [0.2, 0.25) is 0 Å². The van der Waals surface area contributed by atoms with Gasteiger partial charge in [0.05, 0.1) is 42.5 Å². The molecule has 0 radical (unpaired) electrons. The summed E-state index contributed by atoms with van der Waals surface area (Å²) in [6.07, 6.45) is -0.565. The summed E-state index contributed by atoms with van der Waals surface area (Å²) >= 11 is 3.21. The average molecular weight is 618 g/mol. The third-order valence-corrected chi connectivity index (χ3v) is 6.15. The lowest BCUT2D eigenvalue weighted by molar-refractivity contribution is -0.766. The lowest BCUT2D eigenvalue weighted by Crippen LogP contribution is -2.47. The predicted octanol–water partition coefficient (Wildman–Crippen LogP) is 2.03. The fourth-order valence-electron chi connectivity index (χ4n) is 3.71. The van der Waals surface area contributed by atoms with Crippen LogP contribution >= 0.6 is 23.8 Å². The maximum absolute atomic E-state index is 11.7. The molecule has 0 bridgehead atoms. The van der Waals surface area contributed by atoms with E-state index in [2.05, 4.69) is 30.5 Å². The molecule has 0 saturated carbocycles. The number of primary amides is 1. The number of phosphoric ester groups is 1. The third kappa shape index (κ3) is 7.69. The third-order valence-electron chi connectivity index (χ3n) is 5.34. The van der Waals surface area contributed by atoms with Crippen molar-refractivity contribution in [2.24, 2.45) is 10.8 Å². The van der Waals surface area contributed by atoms with Crippen molar-refractivity contribution in [3.05, 3.63) is 74.4 Å². The highest BCUT2D eigenvalue weighted by Crippen LogP contribution is 2.39. The second-order valence-electron chi connectivity index (χ2n) is 7.81. The van der Waals surface area contributed by atoms with Gasteiger partial charge in [0, 0.05) is 16.3 Å². The maximum atomic E-state index is 11.7. The van der Waals surface area contributed by atoms with Crippen molar-refractivity contribution >= 4 is 35.3 Å². The number of alkyl halides is 1. The first-order valence-electron chi connectivity index (χ1n) is 10.8. The first-order valence-corrected chi connectivity index (χ1v) is 13.5. The Morgan fingerprint density at radius 2 is 2.16 bits per heavy atom. The van der Waals surface area contributed by atoms with Crippen molar-refractivity contribution in [1.29, 1.82) is 0 Å². The van der Waals surface area contributed by atoms with Crippen molar-refractivity contribution in [2.45, 2.75) is 31.1 Å². The number of phosphoric acid groups is 1. The summed E-state index contributed by atoms with van der Waals surface area (Å²) in [5, 5.41) is 15.9. The fourth-order valence-corrected chi connectivity index (χ4v) is 4.21. The number of aromatic nitrogens is 1. The van der Waals surface area contributed by atoms with E-state index in [4.69, 9.17) is 35.3 Å². The van der Waals surface area contributed by atoms with Gasteiger partial charge < -0.3 is 29.7 Å². The first kappa shape index (κ1) is 29.4. The summed E-state index contributed by atoms with van der Waals surface area (Å²) in [4.78, 5) is 43.8. The summed E-state index contributed by atoms with van der Waals surface area (Å²) in [6.45, 7) is -0.707. The van der Waals surface area contributed by atoms with Crippen molar-refractivity contribution in [3.8, 4) is 5.75 Å². The van der Waals surface area contributed by atoms with Crippen LogP contribution in [0.15, 0.2) is 47.8 Å². The molecule has 0 unspecified atom stereocenters. The van der Waals surface area contributed by atoms with E-state index in [1.807, 2.05) is 0 Å². The molecule has 1 fully saturated rings. The van der Waals surface area contributed by atoms with Gasteiger partial charge in [-0.25, -0.2) is 4.57 Å². The lowest BCUT2D eigenvalue weighted by Gasteiger charge is -2.19. The normalized spacial score (nSPS) is 21.0. The number of carbonyl (C=O) groups excluding carboxylic acids is 1. The van der Waals surface area contributed by atoms with Gasteiger partial charge in [-0.05, 0) is 23.7 Å². The van der Waals surface area contributed by atoms with Gasteiger partial charge >= 0.3 is 7.82 Å². The Labute approximate surface area is 223 Å². The minimum atomic E-state index is -4.90. The molecule has 1 saturated heterocycles. The molecule has 0 spiro atoms.